The first-order valence-electron chi connectivity index (χ1n) is 8.70. The molecule has 2 aromatic carbocycles. The second-order valence-electron chi connectivity index (χ2n) is 7.26. The Kier molecular flexibility index (Phi) is 6.35. The maximum Gasteiger partial charge on any atom is 0.310 e. The van der Waals surface area contributed by atoms with E-state index in [-0.39, 0.29) is 16.9 Å². The Hall–Kier alpha value is -3.42. The SMILES string of the molecule is CC(Oc1ccccc1[N+](=O)[O-])C(=O)NNC(=O)c1ccc(C(C)(C)C)cc1. The van der Waals surface area contributed by atoms with Crippen molar-refractivity contribution in [2.24, 2.45) is 0 Å². The van der Waals surface area contributed by atoms with Crippen molar-refractivity contribution in [3.63, 3.8) is 0 Å². The summed E-state index contributed by atoms with van der Waals surface area (Å²) in [6, 6.07) is 12.8. The van der Waals surface area contributed by atoms with Crippen LogP contribution in [0.3, 0.4) is 0 Å². The van der Waals surface area contributed by atoms with Crippen LogP contribution in [0.25, 0.3) is 0 Å². The predicted octanol–water partition coefficient (Wildman–Crippen LogP) is 3.12. The molecule has 1 atom stereocenters. The third kappa shape index (κ3) is 5.29. The molecule has 0 aromatic heterocycles. The number of ether oxygens (including phenoxy) is 1. The van der Waals surface area contributed by atoms with Crippen LogP contribution in [-0.2, 0) is 10.2 Å². The third-order valence-corrected chi connectivity index (χ3v) is 4.05. The van der Waals surface area contributed by atoms with Crippen LogP contribution in [0.1, 0.15) is 43.6 Å². The summed E-state index contributed by atoms with van der Waals surface area (Å²) in [5.41, 5.74) is 5.77. The summed E-state index contributed by atoms with van der Waals surface area (Å²) >= 11 is 0. The lowest BCUT2D eigenvalue weighted by Crippen LogP contribution is -2.47. The van der Waals surface area contributed by atoms with Gasteiger partial charge in [0.2, 0.25) is 0 Å². The lowest BCUT2D eigenvalue weighted by molar-refractivity contribution is -0.386. The van der Waals surface area contributed by atoms with E-state index in [4.69, 9.17) is 4.74 Å². The Balaban J connectivity index is 1.94. The van der Waals surface area contributed by atoms with E-state index in [0.29, 0.717) is 5.56 Å². The van der Waals surface area contributed by atoms with Crippen LogP contribution in [0.2, 0.25) is 0 Å². The molecule has 2 N–H and O–H groups in total. The molecule has 1 unspecified atom stereocenters. The van der Waals surface area contributed by atoms with E-state index in [1.165, 1.54) is 25.1 Å². The van der Waals surface area contributed by atoms with Crippen LogP contribution in [-0.4, -0.2) is 22.8 Å². The number of amides is 2. The van der Waals surface area contributed by atoms with Gasteiger partial charge in [-0.1, -0.05) is 45.0 Å². The van der Waals surface area contributed by atoms with Crippen LogP contribution in [0.5, 0.6) is 5.75 Å². The van der Waals surface area contributed by atoms with Crippen molar-refractivity contribution < 1.29 is 19.2 Å². The molecule has 0 saturated heterocycles. The van der Waals surface area contributed by atoms with E-state index in [1.54, 1.807) is 18.2 Å². The molecular weight excluding hydrogens is 362 g/mol. The van der Waals surface area contributed by atoms with Gasteiger partial charge in [-0.15, -0.1) is 0 Å². The van der Waals surface area contributed by atoms with Gasteiger partial charge in [0.1, 0.15) is 0 Å². The molecule has 8 nitrogen and oxygen atoms in total. The van der Waals surface area contributed by atoms with Gasteiger partial charge in [0.15, 0.2) is 11.9 Å². The Labute approximate surface area is 163 Å². The highest BCUT2D eigenvalue weighted by molar-refractivity contribution is 5.95. The van der Waals surface area contributed by atoms with Gasteiger partial charge >= 0.3 is 5.69 Å². The van der Waals surface area contributed by atoms with Crippen LogP contribution in [0.4, 0.5) is 5.69 Å². The first-order chi connectivity index (χ1) is 13.1. The molecule has 0 bridgehead atoms. The number of rotatable bonds is 5. The number of carbonyl (C=O) groups is 2. The molecule has 0 heterocycles. The molecule has 8 heteroatoms. The number of hydrogen-bond donors (Lipinski definition) is 2. The second-order valence-corrected chi connectivity index (χ2v) is 7.26. The fourth-order valence-electron chi connectivity index (χ4n) is 2.37. The number of nitrogens with zero attached hydrogens (tertiary/aromatic N) is 1. The van der Waals surface area contributed by atoms with Crippen LogP contribution in [0.15, 0.2) is 48.5 Å². The maximum atomic E-state index is 12.2. The minimum Gasteiger partial charge on any atom is -0.474 e. The summed E-state index contributed by atoms with van der Waals surface area (Å²) < 4.78 is 5.35. The summed E-state index contributed by atoms with van der Waals surface area (Å²) in [4.78, 5) is 34.7. The third-order valence-electron chi connectivity index (χ3n) is 4.05. The Bertz CT molecular complexity index is 872. The molecule has 0 saturated carbocycles. The van der Waals surface area contributed by atoms with Gasteiger partial charge in [-0.3, -0.25) is 30.6 Å². The van der Waals surface area contributed by atoms with Crippen molar-refractivity contribution in [3.8, 4) is 5.75 Å². The molecule has 0 radical (unpaired) electrons. The average molecular weight is 385 g/mol. The highest BCUT2D eigenvalue weighted by atomic mass is 16.6. The zero-order valence-electron chi connectivity index (χ0n) is 16.2. The monoisotopic (exact) mass is 385 g/mol. The van der Waals surface area contributed by atoms with Crippen molar-refractivity contribution in [1.82, 2.24) is 10.9 Å². The van der Waals surface area contributed by atoms with E-state index in [1.807, 2.05) is 12.1 Å². The summed E-state index contributed by atoms with van der Waals surface area (Å²) in [5.74, 6) is -1.15. The largest absolute Gasteiger partial charge is 0.474 e. The van der Waals surface area contributed by atoms with Crippen molar-refractivity contribution in [2.45, 2.75) is 39.2 Å². The molecule has 0 aliphatic heterocycles. The molecule has 148 valence electrons. The van der Waals surface area contributed by atoms with E-state index in [9.17, 15) is 19.7 Å². The average Bonchev–Trinajstić information content (AvgIpc) is 2.65. The minimum absolute atomic E-state index is 0.0285. The summed E-state index contributed by atoms with van der Waals surface area (Å²) in [7, 11) is 0. The van der Waals surface area contributed by atoms with E-state index < -0.39 is 22.8 Å². The fourth-order valence-corrected chi connectivity index (χ4v) is 2.37. The summed E-state index contributed by atoms with van der Waals surface area (Å²) in [5, 5.41) is 11.0. The molecular formula is C20H23N3O5. The quantitative estimate of drug-likeness (QED) is 0.607. The first kappa shape index (κ1) is 20.9. The van der Waals surface area contributed by atoms with Crippen molar-refractivity contribution in [3.05, 3.63) is 69.8 Å². The second kappa shape index (κ2) is 8.51. The molecule has 2 aromatic rings. The van der Waals surface area contributed by atoms with Gasteiger partial charge in [0, 0.05) is 11.6 Å². The lowest BCUT2D eigenvalue weighted by Gasteiger charge is -2.19. The van der Waals surface area contributed by atoms with Gasteiger partial charge in [0.25, 0.3) is 11.8 Å². The normalized spacial score (nSPS) is 12.0. The van der Waals surface area contributed by atoms with Gasteiger partial charge in [-0.25, -0.2) is 0 Å². The minimum atomic E-state index is -1.05. The van der Waals surface area contributed by atoms with E-state index in [0.717, 1.165) is 5.56 Å². The topological polar surface area (TPSA) is 111 Å². The number of carbonyl (C=O) groups excluding carboxylic acids is 2. The summed E-state index contributed by atoms with van der Waals surface area (Å²) in [6.45, 7) is 7.64. The smallest absolute Gasteiger partial charge is 0.310 e. The Morgan fingerprint density at radius 2 is 1.64 bits per heavy atom. The number of nitrogens with one attached hydrogen (secondary N) is 2. The molecule has 2 amide bonds. The number of hydrazine groups is 1. The first-order valence-corrected chi connectivity index (χ1v) is 8.70. The molecule has 0 spiro atoms. The standard InChI is InChI=1S/C20H23N3O5/c1-13(28-17-8-6-5-7-16(17)23(26)27)18(24)21-22-19(25)14-9-11-15(12-10-14)20(2,3)4/h5-13H,1-4H3,(H,21,24)(H,22,25). The zero-order valence-corrected chi connectivity index (χ0v) is 16.2. The number of nitro groups is 1. The van der Waals surface area contributed by atoms with E-state index >= 15 is 0 Å². The molecule has 0 fully saturated rings. The van der Waals surface area contributed by atoms with Gasteiger partial charge in [-0.05, 0) is 36.1 Å². The fraction of sp³-hybridized carbons (Fsp3) is 0.300. The molecule has 28 heavy (non-hydrogen) atoms. The highest BCUT2D eigenvalue weighted by Gasteiger charge is 2.21. The van der Waals surface area contributed by atoms with Crippen LogP contribution < -0.4 is 15.6 Å². The Morgan fingerprint density at radius 1 is 1.04 bits per heavy atom. The predicted molar refractivity (Wildman–Crippen MR) is 104 cm³/mol. The van der Waals surface area contributed by atoms with Crippen LogP contribution in [0, 0.1) is 10.1 Å². The van der Waals surface area contributed by atoms with Crippen molar-refractivity contribution in [2.75, 3.05) is 0 Å². The number of nitro benzene ring substituents is 1. The van der Waals surface area contributed by atoms with E-state index in [2.05, 4.69) is 31.6 Å². The molecule has 0 aliphatic carbocycles. The Morgan fingerprint density at radius 3 is 2.21 bits per heavy atom. The lowest BCUT2D eigenvalue weighted by atomic mass is 9.87. The van der Waals surface area contributed by atoms with Gasteiger partial charge in [-0.2, -0.15) is 0 Å². The van der Waals surface area contributed by atoms with Gasteiger partial charge in [0.05, 0.1) is 4.92 Å². The molecule has 2 rings (SSSR count). The van der Waals surface area contributed by atoms with Gasteiger partial charge < -0.3 is 4.74 Å². The van der Waals surface area contributed by atoms with Crippen molar-refractivity contribution >= 4 is 17.5 Å². The molecule has 0 aliphatic rings. The zero-order chi connectivity index (χ0) is 20.9. The number of benzene rings is 2. The number of hydrogen-bond acceptors (Lipinski definition) is 5. The number of para-hydroxylation sites is 2. The highest BCUT2D eigenvalue weighted by Crippen LogP contribution is 2.26. The maximum absolute atomic E-state index is 12.2. The van der Waals surface area contributed by atoms with Crippen LogP contribution >= 0.6 is 0 Å². The summed E-state index contributed by atoms with van der Waals surface area (Å²) in [6.07, 6.45) is -1.05. The van der Waals surface area contributed by atoms with Crippen molar-refractivity contribution in [1.29, 1.82) is 0 Å².